The molecule has 0 aliphatic carbocycles. The molecular weight excluding hydrogens is 341 g/mol. The highest BCUT2D eigenvalue weighted by Gasteiger charge is 2.21. The molecule has 21 heavy (non-hydrogen) atoms. The largest absolute Gasteiger partial charge is 0.280 e. The molecule has 0 fully saturated rings. The van der Waals surface area contributed by atoms with Crippen LogP contribution in [0, 0.1) is 5.82 Å². The Morgan fingerprint density at radius 3 is 2.10 bits per heavy atom. The van der Waals surface area contributed by atoms with Gasteiger partial charge in [0, 0.05) is 16.4 Å². The number of hydrogen-bond donors (Lipinski definition) is 1. The van der Waals surface area contributed by atoms with Crippen LogP contribution in [0.15, 0.2) is 58.3 Å². The number of nitrogens with one attached hydrogen (secondary N) is 1. The average Bonchev–Trinajstić information content (AvgIpc) is 2.37. The second-order valence-electron chi connectivity index (χ2n) is 4.00. The average molecular weight is 350 g/mol. The Morgan fingerprint density at radius 1 is 0.952 bits per heavy atom. The van der Waals surface area contributed by atoms with Crippen LogP contribution in [-0.2, 0) is 19.1 Å². The van der Waals surface area contributed by atoms with Crippen molar-refractivity contribution < 1.29 is 21.2 Å². The second-order valence-corrected chi connectivity index (χ2v) is 8.22. The van der Waals surface area contributed by atoms with Crippen molar-refractivity contribution in [2.75, 3.05) is 4.72 Å². The van der Waals surface area contributed by atoms with Crippen LogP contribution in [0.2, 0.25) is 0 Å². The topological polar surface area (TPSA) is 80.3 Å². The number of hydrogen-bond acceptors (Lipinski definition) is 4. The molecule has 0 radical (unpaired) electrons. The van der Waals surface area contributed by atoms with E-state index in [-0.39, 0.29) is 5.69 Å². The minimum absolute atomic E-state index is 0.256. The molecule has 0 atom stereocenters. The van der Waals surface area contributed by atoms with Crippen LogP contribution in [0.5, 0.6) is 0 Å². The van der Waals surface area contributed by atoms with Gasteiger partial charge in [-0.2, -0.15) is 0 Å². The molecule has 0 unspecified atom stereocenters. The van der Waals surface area contributed by atoms with Crippen molar-refractivity contribution in [3.63, 3.8) is 0 Å². The van der Waals surface area contributed by atoms with Crippen molar-refractivity contribution >= 4 is 35.4 Å². The van der Waals surface area contributed by atoms with E-state index >= 15 is 0 Å². The summed E-state index contributed by atoms with van der Waals surface area (Å²) >= 11 is 0. The number of rotatable bonds is 4. The number of benzene rings is 2. The second kappa shape index (κ2) is 5.63. The fourth-order valence-corrected chi connectivity index (χ4v) is 3.45. The molecule has 112 valence electrons. The number of halogens is 2. The van der Waals surface area contributed by atoms with Gasteiger partial charge in [0.05, 0.1) is 4.90 Å². The molecule has 2 rings (SSSR count). The van der Waals surface area contributed by atoms with Gasteiger partial charge in [0.1, 0.15) is 10.7 Å². The van der Waals surface area contributed by atoms with E-state index in [0.29, 0.717) is 6.07 Å². The van der Waals surface area contributed by atoms with Gasteiger partial charge in [0.15, 0.2) is 0 Å². The molecule has 0 heterocycles. The van der Waals surface area contributed by atoms with Gasteiger partial charge >= 0.3 is 0 Å². The van der Waals surface area contributed by atoms with E-state index in [2.05, 4.69) is 4.72 Å². The minimum atomic E-state index is -4.17. The lowest BCUT2D eigenvalue weighted by molar-refractivity contribution is 0.565. The summed E-state index contributed by atoms with van der Waals surface area (Å²) in [5.41, 5.74) is 0.256. The van der Waals surface area contributed by atoms with Crippen LogP contribution in [0.4, 0.5) is 10.1 Å². The van der Waals surface area contributed by atoms with Gasteiger partial charge in [-0.25, -0.2) is 21.2 Å². The van der Waals surface area contributed by atoms with Crippen molar-refractivity contribution in [3.8, 4) is 0 Å². The molecule has 0 amide bonds. The smallest absolute Gasteiger partial charge is 0.264 e. The Balaban J connectivity index is 2.42. The third kappa shape index (κ3) is 3.72. The van der Waals surface area contributed by atoms with Crippen LogP contribution in [-0.4, -0.2) is 16.8 Å². The zero-order valence-electron chi connectivity index (χ0n) is 10.3. The predicted octanol–water partition coefficient (Wildman–Crippen LogP) is 2.55. The molecule has 2 aromatic rings. The van der Waals surface area contributed by atoms with Crippen molar-refractivity contribution in [3.05, 3.63) is 54.3 Å². The van der Waals surface area contributed by atoms with Gasteiger partial charge in [0.2, 0.25) is 0 Å². The standard InChI is InChI=1S/C12H9ClFNO4S2/c13-20(16,17)10-6-7-12(11(14)8-10)21(18,19)15-9-4-2-1-3-5-9/h1-8,15H. The maximum Gasteiger partial charge on any atom is 0.264 e. The van der Waals surface area contributed by atoms with Gasteiger partial charge in [-0.3, -0.25) is 4.72 Å². The third-order valence-corrected chi connectivity index (χ3v) is 5.27. The maximum atomic E-state index is 13.8. The molecule has 0 bridgehead atoms. The quantitative estimate of drug-likeness (QED) is 0.860. The van der Waals surface area contributed by atoms with Gasteiger partial charge in [0.25, 0.3) is 19.1 Å². The van der Waals surface area contributed by atoms with Gasteiger partial charge in [-0.15, -0.1) is 0 Å². The highest BCUT2D eigenvalue weighted by Crippen LogP contribution is 2.23. The van der Waals surface area contributed by atoms with Crippen molar-refractivity contribution in [2.45, 2.75) is 9.79 Å². The van der Waals surface area contributed by atoms with E-state index in [1.54, 1.807) is 18.2 Å². The lowest BCUT2D eigenvalue weighted by Gasteiger charge is -2.09. The molecule has 0 saturated heterocycles. The Labute approximate surface area is 125 Å². The summed E-state index contributed by atoms with van der Waals surface area (Å²) in [6.45, 7) is 0. The number of anilines is 1. The zero-order valence-corrected chi connectivity index (χ0v) is 12.7. The third-order valence-electron chi connectivity index (χ3n) is 2.50. The molecule has 0 spiro atoms. The summed E-state index contributed by atoms with van der Waals surface area (Å²) in [4.78, 5) is -1.18. The highest BCUT2D eigenvalue weighted by atomic mass is 35.7. The van der Waals surface area contributed by atoms with Crippen molar-refractivity contribution in [2.24, 2.45) is 0 Å². The molecule has 1 N–H and O–H groups in total. The van der Waals surface area contributed by atoms with Gasteiger partial charge in [-0.05, 0) is 30.3 Å². The predicted molar refractivity (Wildman–Crippen MR) is 76.7 cm³/mol. The van der Waals surface area contributed by atoms with Crippen LogP contribution in [0.3, 0.4) is 0 Å². The normalized spacial score (nSPS) is 12.1. The Morgan fingerprint density at radius 2 is 1.57 bits per heavy atom. The highest BCUT2D eigenvalue weighted by molar-refractivity contribution is 8.13. The summed E-state index contributed by atoms with van der Waals surface area (Å²) in [6.07, 6.45) is 0. The van der Waals surface area contributed by atoms with E-state index in [1.807, 2.05) is 0 Å². The Bertz CT molecular complexity index is 867. The van der Waals surface area contributed by atoms with E-state index < -0.39 is 34.7 Å². The monoisotopic (exact) mass is 349 g/mol. The number of para-hydroxylation sites is 1. The SMILES string of the molecule is O=S(=O)(Cl)c1ccc(S(=O)(=O)Nc2ccccc2)c(F)c1. The van der Waals surface area contributed by atoms with Crippen molar-refractivity contribution in [1.82, 2.24) is 0 Å². The van der Waals surface area contributed by atoms with Crippen LogP contribution in [0.25, 0.3) is 0 Å². The summed E-state index contributed by atoms with van der Waals surface area (Å²) in [6, 6.07) is 10.2. The van der Waals surface area contributed by atoms with Crippen LogP contribution < -0.4 is 4.72 Å². The fourth-order valence-electron chi connectivity index (χ4n) is 1.57. The molecule has 9 heteroatoms. The minimum Gasteiger partial charge on any atom is -0.280 e. The summed E-state index contributed by atoms with van der Waals surface area (Å²) < 4.78 is 62.3. The van der Waals surface area contributed by atoms with Crippen molar-refractivity contribution in [1.29, 1.82) is 0 Å². The summed E-state index contributed by atoms with van der Waals surface area (Å²) in [5.74, 6) is -1.21. The first-order valence-corrected chi connectivity index (χ1v) is 9.31. The first kappa shape index (κ1) is 15.7. The first-order chi connectivity index (χ1) is 9.70. The summed E-state index contributed by atoms with van der Waals surface area (Å²) in [7, 11) is -3.23. The van der Waals surface area contributed by atoms with Crippen LogP contribution >= 0.6 is 10.7 Å². The maximum absolute atomic E-state index is 13.8. The zero-order chi connectivity index (χ0) is 15.7. The molecule has 5 nitrogen and oxygen atoms in total. The number of sulfonamides is 1. The van der Waals surface area contributed by atoms with Gasteiger partial charge < -0.3 is 0 Å². The Kier molecular flexibility index (Phi) is 4.22. The van der Waals surface area contributed by atoms with E-state index in [9.17, 15) is 21.2 Å². The van der Waals surface area contributed by atoms with E-state index in [1.165, 1.54) is 12.1 Å². The molecule has 0 saturated carbocycles. The van der Waals surface area contributed by atoms with Crippen LogP contribution in [0.1, 0.15) is 0 Å². The fraction of sp³-hybridized carbons (Fsp3) is 0. The van der Waals surface area contributed by atoms with E-state index in [4.69, 9.17) is 10.7 Å². The van der Waals surface area contributed by atoms with Gasteiger partial charge in [-0.1, -0.05) is 18.2 Å². The molecule has 0 aliphatic heterocycles. The molecule has 0 aliphatic rings. The lowest BCUT2D eigenvalue weighted by atomic mass is 10.3. The lowest BCUT2D eigenvalue weighted by Crippen LogP contribution is -2.14. The summed E-state index contributed by atoms with van der Waals surface area (Å²) in [5, 5.41) is 0. The molecule has 0 aromatic heterocycles. The molecular formula is C12H9ClFNO4S2. The first-order valence-electron chi connectivity index (χ1n) is 5.52. The molecule has 2 aromatic carbocycles. The Hall–Kier alpha value is -1.64. The van der Waals surface area contributed by atoms with E-state index in [0.717, 1.165) is 12.1 Å².